The summed E-state index contributed by atoms with van der Waals surface area (Å²) in [4.78, 5) is 13.4. The number of allylic oxidation sites excluding steroid dienone is 1. The molecule has 0 bridgehead atoms. The van der Waals surface area contributed by atoms with Gasteiger partial charge in [0, 0.05) is 18.3 Å². The molecule has 0 N–H and O–H groups in total. The van der Waals surface area contributed by atoms with Crippen LogP contribution in [0.2, 0.25) is 0 Å². The summed E-state index contributed by atoms with van der Waals surface area (Å²) in [5.74, 6) is 1.07. The molecule has 10 heteroatoms. The number of methoxy groups -OCH3 is 1. The summed E-state index contributed by atoms with van der Waals surface area (Å²) >= 11 is 0. The van der Waals surface area contributed by atoms with Gasteiger partial charge in [0.1, 0.15) is 11.4 Å². The second-order valence-corrected chi connectivity index (χ2v) is 7.93. The SMILES string of the molecule is COc1nc(-c2nc3n(n2)CCCC=C3c2ccccc2C(F)(F)F)ccc1-n1cnc(C)c1. The predicted molar refractivity (Wildman–Crippen MR) is 119 cm³/mol. The van der Waals surface area contributed by atoms with Gasteiger partial charge >= 0.3 is 6.18 Å². The molecule has 4 aromatic rings. The van der Waals surface area contributed by atoms with Crippen LogP contribution in [0.5, 0.6) is 5.88 Å². The van der Waals surface area contributed by atoms with Gasteiger partial charge in [-0.3, -0.25) is 0 Å². The van der Waals surface area contributed by atoms with E-state index in [1.807, 2.05) is 19.2 Å². The first kappa shape index (κ1) is 21.9. The third-order valence-electron chi connectivity index (χ3n) is 5.61. The van der Waals surface area contributed by atoms with Crippen LogP contribution in [0.15, 0.2) is 55.0 Å². The van der Waals surface area contributed by atoms with E-state index >= 15 is 0 Å². The van der Waals surface area contributed by atoms with Gasteiger partial charge in [0.2, 0.25) is 5.88 Å². The number of ether oxygens (including phenoxy) is 1. The van der Waals surface area contributed by atoms with Gasteiger partial charge in [-0.25, -0.2) is 19.6 Å². The van der Waals surface area contributed by atoms with Crippen LogP contribution in [0.1, 0.15) is 35.5 Å². The van der Waals surface area contributed by atoms with Crippen LogP contribution in [0.3, 0.4) is 0 Å². The zero-order valence-corrected chi connectivity index (χ0v) is 18.5. The number of nitrogens with zero attached hydrogens (tertiary/aromatic N) is 6. The van der Waals surface area contributed by atoms with Crippen LogP contribution in [0, 0.1) is 6.92 Å². The highest BCUT2D eigenvalue weighted by Gasteiger charge is 2.35. The first-order valence-corrected chi connectivity index (χ1v) is 10.7. The number of imidazole rings is 1. The topological polar surface area (TPSA) is 70.7 Å². The fourth-order valence-electron chi connectivity index (χ4n) is 4.04. The fraction of sp³-hybridized carbons (Fsp3) is 0.250. The predicted octanol–water partition coefficient (Wildman–Crippen LogP) is 5.09. The molecular formula is C24H21F3N6O. The second-order valence-electron chi connectivity index (χ2n) is 7.93. The van der Waals surface area contributed by atoms with E-state index in [4.69, 9.17) is 4.74 Å². The van der Waals surface area contributed by atoms with Gasteiger partial charge in [-0.1, -0.05) is 24.3 Å². The van der Waals surface area contributed by atoms with E-state index < -0.39 is 11.7 Å². The zero-order valence-electron chi connectivity index (χ0n) is 18.5. The number of fused-ring (bicyclic) bond motifs is 1. The highest BCUT2D eigenvalue weighted by atomic mass is 19.4. The molecule has 0 aliphatic carbocycles. The summed E-state index contributed by atoms with van der Waals surface area (Å²) in [6.07, 6.45) is 2.22. The summed E-state index contributed by atoms with van der Waals surface area (Å²) in [6, 6.07) is 9.13. The molecular weight excluding hydrogens is 445 g/mol. The summed E-state index contributed by atoms with van der Waals surface area (Å²) in [7, 11) is 1.52. The van der Waals surface area contributed by atoms with Crippen molar-refractivity contribution >= 4 is 5.57 Å². The molecule has 3 aromatic heterocycles. The number of hydrogen-bond acceptors (Lipinski definition) is 5. The lowest BCUT2D eigenvalue weighted by molar-refractivity contribution is -0.137. The zero-order chi connectivity index (χ0) is 23.9. The van der Waals surface area contributed by atoms with Gasteiger partial charge in [0.05, 0.1) is 24.7 Å². The van der Waals surface area contributed by atoms with E-state index in [9.17, 15) is 13.2 Å². The van der Waals surface area contributed by atoms with Crippen molar-refractivity contribution in [3.8, 4) is 23.1 Å². The molecule has 7 nitrogen and oxygen atoms in total. The van der Waals surface area contributed by atoms with Crippen molar-refractivity contribution < 1.29 is 17.9 Å². The fourth-order valence-corrected chi connectivity index (χ4v) is 4.04. The number of benzene rings is 1. The van der Waals surface area contributed by atoms with Crippen molar-refractivity contribution in [2.24, 2.45) is 0 Å². The Balaban J connectivity index is 1.58. The van der Waals surface area contributed by atoms with Crippen LogP contribution in [-0.2, 0) is 12.7 Å². The van der Waals surface area contributed by atoms with Crippen LogP contribution >= 0.6 is 0 Å². The Bertz CT molecular complexity index is 1390. The first-order chi connectivity index (χ1) is 16.3. The maximum atomic E-state index is 13.7. The molecule has 5 rings (SSSR count). The monoisotopic (exact) mass is 466 g/mol. The molecule has 0 spiro atoms. The van der Waals surface area contributed by atoms with Gasteiger partial charge in [-0.15, -0.1) is 5.10 Å². The van der Waals surface area contributed by atoms with Crippen molar-refractivity contribution in [1.29, 1.82) is 0 Å². The van der Waals surface area contributed by atoms with Crippen molar-refractivity contribution in [3.05, 3.63) is 77.6 Å². The minimum absolute atomic E-state index is 0.0912. The molecule has 0 saturated heterocycles. The number of rotatable bonds is 4. The number of pyridine rings is 1. The molecule has 1 aliphatic heterocycles. The summed E-state index contributed by atoms with van der Waals surface area (Å²) in [6.45, 7) is 2.43. The third kappa shape index (κ3) is 3.95. The molecule has 34 heavy (non-hydrogen) atoms. The van der Waals surface area contributed by atoms with E-state index in [1.54, 1.807) is 33.8 Å². The molecule has 1 aliphatic rings. The Morgan fingerprint density at radius 3 is 2.62 bits per heavy atom. The molecule has 4 heterocycles. The van der Waals surface area contributed by atoms with Gasteiger partial charge in [-0.2, -0.15) is 13.2 Å². The number of halogens is 3. The molecule has 0 fully saturated rings. The lowest BCUT2D eigenvalue weighted by atomic mass is 9.98. The van der Waals surface area contributed by atoms with Crippen LogP contribution in [0.4, 0.5) is 13.2 Å². The molecule has 0 atom stereocenters. The number of aryl methyl sites for hydroxylation is 2. The average molecular weight is 466 g/mol. The van der Waals surface area contributed by atoms with E-state index in [0.29, 0.717) is 47.4 Å². The Morgan fingerprint density at radius 2 is 1.88 bits per heavy atom. The lowest BCUT2D eigenvalue weighted by Crippen LogP contribution is -2.10. The Morgan fingerprint density at radius 1 is 1.06 bits per heavy atom. The lowest BCUT2D eigenvalue weighted by Gasteiger charge is -2.14. The molecule has 0 unspecified atom stereocenters. The average Bonchev–Trinajstić information content (AvgIpc) is 3.39. The van der Waals surface area contributed by atoms with E-state index in [2.05, 4.69) is 20.1 Å². The number of alkyl halides is 3. The van der Waals surface area contributed by atoms with Crippen LogP contribution in [0.25, 0.3) is 22.8 Å². The van der Waals surface area contributed by atoms with Crippen LogP contribution < -0.4 is 4.74 Å². The molecule has 0 radical (unpaired) electrons. The molecule has 0 saturated carbocycles. The van der Waals surface area contributed by atoms with Gasteiger partial charge in [0.15, 0.2) is 11.6 Å². The standard InChI is InChI=1S/C24H21F3N6O/c1-15-13-32(14-28-15)20-11-10-19(29-23(20)34-2)21-30-22-17(8-5-6-12-33(22)31-21)16-7-3-4-9-18(16)24(25,26)27/h3-4,7-11,13-14H,5-6,12H2,1-2H3. The van der Waals surface area contributed by atoms with E-state index in [-0.39, 0.29) is 5.56 Å². The van der Waals surface area contributed by atoms with E-state index in [0.717, 1.165) is 18.2 Å². The Kier molecular flexibility index (Phi) is 5.43. The highest BCUT2D eigenvalue weighted by Crippen LogP contribution is 2.38. The maximum absolute atomic E-state index is 13.7. The first-order valence-electron chi connectivity index (χ1n) is 10.7. The minimum atomic E-state index is -4.48. The third-order valence-corrected chi connectivity index (χ3v) is 5.61. The van der Waals surface area contributed by atoms with Gasteiger partial charge < -0.3 is 9.30 Å². The van der Waals surface area contributed by atoms with Gasteiger partial charge in [-0.05, 0) is 43.5 Å². The van der Waals surface area contributed by atoms with Crippen molar-refractivity contribution in [2.75, 3.05) is 7.11 Å². The molecule has 1 aromatic carbocycles. The van der Waals surface area contributed by atoms with Gasteiger partial charge in [0.25, 0.3) is 0 Å². The number of hydrogen-bond donors (Lipinski definition) is 0. The molecule has 174 valence electrons. The quantitative estimate of drug-likeness (QED) is 0.419. The number of aromatic nitrogens is 6. The smallest absolute Gasteiger partial charge is 0.417 e. The van der Waals surface area contributed by atoms with Crippen LogP contribution in [-0.4, -0.2) is 36.4 Å². The maximum Gasteiger partial charge on any atom is 0.417 e. The normalized spacial score (nSPS) is 13.9. The highest BCUT2D eigenvalue weighted by molar-refractivity contribution is 5.79. The Hall–Kier alpha value is -3.95. The summed E-state index contributed by atoms with van der Waals surface area (Å²) in [5.41, 5.74) is 1.83. The Labute approximate surface area is 193 Å². The van der Waals surface area contributed by atoms with Crippen molar-refractivity contribution in [1.82, 2.24) is 29.3 Å². The van der Waals surface area contributed by atoms with Crippen molar-refractivity contribution in [3.63, 3.8) is 0 Å². The van der Waals surface area contributed by atoms with Crippen molar-refractivity contribution in [2.45, 2.75) is 32.5 Å². The minimum Gasteiger partial charge on any atom is -0.479 e. The molecule has 0 amide bonds. The summed E-state index contributed by atoms with van der Waals surface area (Å²) < 4.78 is 50.1. The van der Waals surface area contributed by atoms with E-state index in [1.165, 1.54) is 19.2 Å². The second kappa shape index (κ2) is 8.44. The summed E-state index contributed by atoms with van der Waals surface area (Å²) in [5, 5.41) is 4.58. The largest absolute Gasteiger partial charge is 0.479 e.